The monoisotopic (exact) mass is 564 g/mol. The van der Waals surface area contributed by atoms with Gasteiger partial charge in [0.25, 0.3) is 5.91 Å². The molecule has 196 valence electrons. The molecular formula is C31H37BrN2O3. The van der Waals surface area contributed by atoms with Gasteiger partial charge in [0, 0.05) is 19.5 Å². The standard InChI is InChI=1S/C31H37BrN2O3/c1-6-33-30(36)27(18-23-10-8-7-9-11-23)34(20-24-14-12-22(2)13-15-24)29(35)21-37-28-17-16-25(19-26(28)32)31(3,4)5/h7-17,19,27H,6,18,20-21H2,1-5H3,(H,33,36). The summed E-state index contributed by atoms with van der Waals surface area (Å²) in [5.74, 6) is 0.163. The number of halogens is 1. The van der Waals surface area contributed by atoms with Crippen LogP contribution in [0.4, 0.5) is 0 Å². The topological polar surface area (TPSA) is 58.6 Å². The fraction of sp³-hybridized carbons (Fsp3) is 0.355. The molecule has 0 aliphatic heterocycles. The molecular weight excluding hydrogens is 528 g/mol. The zero-order valence-corrected chi connectivity index (χ0v) is 24.0. The number of likely N-dealkylation sites (N-methyl/N-ethyl adjacent to an activating group) is 1. The number of hydrogen-bond acceptors (Lipinski definition) is 3. The van der Waals surface area contributed by atoms with E-state index in [0.29, 0.717) is 25.3 Å². The second-order valence-electron chi connectivity index (χ2n) is 10.3. The Hall–Kier alpha value is -3.12. The van der Waals surface area contributed by atoms with E-state index in [4.69, 9.17) is 4.74 Å². The number of amides is 2. The van der Waals surface area contributed by atoms with Gasteiger partial charge in [-0.1, -0.05) is 87.0 Å². The molecule has 0 saturated heterocycles. The SMILES string of the molecule is CCNC(=O)C(Cc1ccccc1)N(Cc1ccc(C)cc1)C(=O)COc1ccc(C(C)(C)C)cc1Br. The van der Waals surface area contributed by atoms with Crippen LogP contribution in [0.5, 0.6) is 5.75 Å². The van der Waals surface area contributed by atoms with E-state index < -0.39 is 6.04 Å². The molecule has 0 saturated carbocycles. The third-order valence-electron chi connectivity index (χ3n) is 6.24. The quantitative estimate of drug-likeness (QED) is 0.318. The fourth-order valence-electron chi connectivity index (χ4n) is 4.04. The van der Waals surface area contributed by atoms with Gasteiger partial charge in [0.05, 0.1) is 4.47 Å². The van der Waals surface area contributed by atoms with Crippen molar-refractivity contribution < 1.29 is 14.3 Å². The molecule has 0 aliphatic carbocycles. The largest absolute Gasteiger partial charge is 0.483 e. The third-order valence-corrected chi connectivity index (χ3v) is 6.86. The Labute approximate surface area is 229 Å². The van der Waals surface area contributed by atoms with Crippen LogP contribution in [0.3, 0.4) is 0 Å². The van der Waals surface area contributed by atoms with Gasteiger partial charge in [-0.3, -0.25) is 9.59 Å². The van der Waals surface area contributed by atoms with Gasteiger partial charge < -0.3 is 15.0 Å². The van der Waals surface area contributed by atoms with E-state index in [1.165, 1.54) is 5.56 Å². The smallest absolute Gasteiger partial charge is 0.261 e. The molecule has 0 aromatic heterocycles. The Balaban J connectivity index is 1.88. The van der Waals surface area contributed by atoms with E-state index in [1.54, 1.807) is 4.90 Å². The van der Waals surface area contributed by atoms with E-state index in [0.717, 1.165) is 21.2 Å². The maximum Gasteiger partial charge on any atom is 0.261 e. The van der Waals surface area contributed by atoms with Crippen molar-refractivity contribution in [2.45, 2.75) is 59.0 Å². The van der Waals surface area contributed by atoms with Crippen molar-refractivity contribution in [1.29, 1.82) is 0 Å². The summed E-state index contributed by atoms with van der Waals surface area (Å²) in [4.78, 5) is 28.6. The summed E-state index contributed by atoms with van der Waals surface area (Å²) in [6.07, 6.45) is 0.411. The number of hydrogen-bond donors (Lipinski definition) is 1. The molecule has 3 aromatic carbocycles. The number of carbonyl (C=O) groups excluding carboxylic acids is 2. The number of ether oxygens (including phenoxy) is 1. The van der Waals surface area contributed by atoms with E-state index in [-0.39, 0.29) is 23.8 Å². The summed E-state index contributed by atoms with van der Waals surface area (Å²) in [6, 6.07) is 23.0. The summed E-state index contributed by atoms with van der Waals surface area (Å²) < 4.78 is 6.77. The Morgan fingerprint density at radius 1 is 0.973 bits per heavy atom. The summed E-state index contributed by atoms with van der Waals surface area (Å²) in [5, 5.41) is 2.92. The Kier molecular flexibility index (Phi) is 9.93. The van der Waals surface area contributed by atoms with E-state index in [2.05, 4.69) is 42.0 Å². The molecule has 0 bridgehead atoms. The van der Waals surface area contributed by atoms with Gasteiger partial charge in [0.1, 0.15) is 11.8 Å². The highest BCUT2D eigenvalue weighted by Gasteiger charge is 2.30. The normalized spacial score (nSPS) is 12.1. The van der Waals surface area contributed by atoms with Gasteiger partial charge in [0.15, 0.2) is 6.61 Å². The molecule has 3 aromatic rings. The molecule has 0 fully saturated rings. The van der Waals surface area contributed by atoms with Gasteiger partial charge in [-0.2, -0.15) is 0 Å². The molecule has 1 N–H and O–H groups in total. The summed E-state index contributed by atoms with van der Waals surface area (Å²) >= 11 is 3.59. The molecule has 37 heavy (non-hydrogen) atoms. The molecule has 0 aliphatic rings. The minimum Gasteiger partial charge on any atom is -0.483 e. The molecule has 1 unspecified atom stereocenters. The second-order valence-corrected chi connectivity index (χ2v) is 11.1. The van der Waals surface area contributed by atoms with Crippen LogP contribution in [0, 0.1) is 6.92 Å². The minimum atomic E-state index is -0.675. The lowest BCUT2D eigenvalue weighted by Gasteiger charge is -2.31. The maximum absolute atomic E-state index is 13.7. The van der Waals surface area contributed by atoms with Crippen LogP contribution in [0.25, 0.3) is 0 Å². The Morgan fingerprint density at radius 2 is 1.65 bits per heavy atom. The van der Waals surface area contributed by atoms with Gasteiger partial charge >= 0.3 is 0 Å². The van der Waals surface area contributed by atoms with Crippen LogP contribution in [0.2, 0.25) is 0 Å². The number of nitrogens with zero attached hydrogens (tertiary/aromatic N) is 1. The van der Waals surface area contributed by atoms with Crippen molar-refractivity contribution in [3.8, 4) is 5.75 Å². The lowest BCUT2D eigenvalue weighted by Crippen LogP contribution is -2.51. The fourth-order valence-corrected chi connectivity index (χ4v) is 4.54. The molecule has 0 radical (unpaired) electrons. The molecule has 3 rings (SSSR count). The maximum atomic E-state index is 13.7. The van der Waals surface area contributed by atoms with Crippen LogP contribution in [0.1, 0.15) is 49.9 Å². The number of rotatable bonds is 10. The molecule has 6 heteroatoms. The van der Waals surface area contributed by atoms with Crippen LogP contribution in [0.15, 0.2) is 77.3 Å². The highest BCUT2D eigenvalue weighted by molar-refractivity contribution is 9.10. The lowest BCUT2D eigenvalue weighted by molar-refractivity contribution is -0.142. The van der Waals surface area contributed by atoms with Crippen LogP contribution >= 0.6 is 15.9 Å². The van der Waals surface area contributed by atoms with Gasteiger partial charge in [-0.25, -0.2) is 0 Å². The van der Waals surface area contributed by atoms with Crippen molar-refractivity contribution in [2.24, 2.45) is 0 Å². The van der Waals surface area contributed by atoms with Crippen LogP contribution < -0.4 is 10.1 Å². The Morgan fingerprint density at radius 3 is 2.24 bits per heavy atom. The average Bonchev–Trinajstić information content (AvgIpc) is 2.86. The second kappa shape index (κ2) is 12.9. The number of aryl methyl sites for hydroxylation is 1. The summed E-state index contributed by atoms with van der Waals surface area (Å²) in [7, 11) is 0. The van der Waals surface area contributed by atoms with Crippen LogP contribution in [-0.2, 0) is 28.0 Å². The lowest BCUT2D eigenvalue weighted by atomic mass is 9.87. The van der Waals surface area contributed by atoms with Crippen molar-refractivity contribution >= 4 is 27.7 Å². The first-order chi connectivity index (χ1) is 17.6. The summed E-state index contributed by atoms with van der Waals surface area (Å²) in [5.41, 5.74) is 4.24. The van der Waals surface area contributed by atoms with E-state index in [9.17, 15) is 9.59 Å². The van der Waals surface area contributed by atoms with Crippen molar-refractivity contribution in [3.63, 3.8) is 0 Å². The first kappa shape index (κ1) is 28.5. The minimum absolute atomic E-state index is 0.000987. The highest BCUT2D eigenvalue weighted by Crippen LogP contribution is 2.31. The number of nitrogens with one attached hydrogen (secondary N) is 1. The molecule has 2 amide bonds. The first-order valence-corrected chi connectivity index (χ1v) is 13.5. The highest BCUT2D eigenvalue weighted by atomic mass is 79.9. The van der Waals surface area contributed by atoms with Crippen molar-refractivity contribution in [3.05, 3.63) is 99.5 Å². The molecule has 1 atom stereocenters. The number of carbonyl (C=O) groups is 2. The van der Waals surface area contributed by atoms with Gasteiger partial charge in [-0.05, 0) is 64.0 Å². The Bertz CT molecular complexity index is 1190. The van der Waals surface area contributed by atoms with Gasteiger partial charge in [-0.15, -0.1) is 0 Å². The third kappa shape index (κ3) is 8.19. The average molecular weight is 566 g/mol. The predicted octanol–water partition coefficient (Wildman–Crippen LogP) is 6.21. The molecule has 5 nitrogen and oxygen atoms in total. The van der Waals surface area contributed by atoms with Crippen LogP contribution in [-0.4, -0.2) is 35.9 Å². The number of benzene rings is 3. The van der Waals surface area contributed by atoms with E-state index >= 15 is 0 Å². The summed E-state index contributed by atoms with van der Waals surface area (Å²) in [6.45, 7) is 11.0. The zero-order chi connectivity index (χ0) is 27.0. The predicted molar refractivity (Wildman–Crippen MR) is 153 cm³/mol. The van der Waals surface area contributed by atoms with Crippen molar-refractivity contribution in [1.82, 2.24) is 10.2 Å². The van der Waals surface area contributed by atoms with Gasteiger partial charge in [0.2, 0.25) is 5.91 Å². The van der Waals surface area contributed by atoms with Crippen molar-refractivity contribution in [2.75, 3.05) is 13.2 Å². The molecule has 0 heterocycles. The zero-order valence-electron chi connectivity index (χ0n) is 22.4. The van der Waals surface area contributed by atoms with E-state index in [1.807, 2.05) is 86.6 Å². The molecule has 0 spiro atoms. The first-order valence-electron chi connectivity index (χ1n) is 12.7.